The number of thioether (sulfide) groups is 1. The molecule has 1 aromatic rings. The first-order valence-corrected chi connectivity index (χ1v) is 6.54. The lowest BCUT2D eigenvalue weighted by Gasteiger charge is -2.19. The molecule has 1 heterocycles. The predicted molar refractivity (Wildman–Crippen MR) is 68.2 cm³/mol. The lowest BCUT2D eigenvalue weighted by atomic mass is 10.3. The molecule has 0 saturated carbocycles. The summed E-state index contributed by atoms with van der Waals surface area (Å²) >= 11 is 7.86. The fourth-order valence-corrected chi connectivity index (χ4v) is 1.91. The second kappa shape index (κ2) is 5.56. The summed E-state index contributed by atoms with van der Waals surface area (Å²) in [5.74, 6) is 1.83. The molecule has 0 aliphatic carbocycles. The maximum Gasteiger partial charge on any atom is 0.171 e. The number of nitrogens with zero attached hydrogens (tertiary/aromatic N) is 3. The Labute approximate surface area is 100 Å². The molecule has 0 radical (unpaired) electrons. The van der Waals surface area contributed by atoms with Crippen molar-refractivity contribution >= 4 is 29.2 Å². The van der Waals surface area contributed by atoms with Gasteiger partial charge in [-0.15, -0.1) is 0 Å². The molecule has 1 rings (SSSR count). The van der Waals surface area contributed by atoms with Crippen molar-refractivity contribution < 1.29 is 0 Å². The van der Waals surface area contributed by atoms with E-state index >= 15 is 0 Å². The summed E-state index contributed by atoms with van der Waals surface area (Å²) in [6.07, 6.45) is 2.08. The van der Waals surface area contributed by atoms with Crippen LogP contribution in [0, 0.1) is 13.8 Å². The maximum absolute atomic E-state index is 6.05. The van der Waals surface area contributed by atoms with Crippen LogP contribution in [0.25, 0.3) is 0 Å². The fourth-order valence-electron chi connectivity index (χ4n) is 1.14. The molecule has 0 fully saturated rings. The van der Waals surface area contributed by atoms with Crippen molar-refractivity contribution in [2.75, 3.05) is 30.5 Å². The zero-order valence-corrected chi connectivity index (χ0v) is 11.1. The molecular weight excluding hydrogens is 230 g/mol. The van der Waals surface area contributed by atoms with E-state index in [-0.39, 0.29) is 0 Å². The molecule has 0 bridgehead atoms. The Bertz CT molecular complexity index is 344. The van der Waals surface area contributed by atoms with Gasteiger partial charge in [-0.2, -0.15) is 11.8 Å². The smallest absolute Gasteiger partial charge is 0.171 e. The minimum atomic E-state index is 0.488. The molecule has 0 aromatic carbocycles. The first-order valence-electron chi connectivity index (χ1n) is 4.77. The van der Waals surface area contributed by atoms with Crippen molar-refractivity contribution in [2.24, 2.45) is 0 Å². The van der Waals surface area contributed by atoms with E-state index in [1.54, 1.807) is 11.8 Å². The third-order valence-electron chi connectivity index (χ3n) is 2.24. The quantitative estimate of drug-likeness (QED) is 0.815. The van der Waals surface area contributed by atoms with Crippen LogP contribution in [0.5, 0.6) is 0 Å². The van der Waals surface area contributed by atoms with Gasteiger partial charge in [0.15, 0.2) is 11.0 Å². The molecule has 0 N–H and O–H groups in total. The summed E-state index contributed by atoms with van der Waals surface area (Å²) in [5, 5.41) is 0.488. The lowest BCUT2D eigenvalue weighted by Crippen LogP contribution is -2.22. The topological polar surface area (TPSA) is 29.0 Å². The molecule has 1 aromatic heterocycles. The van der Waals surface area contributed by atoms with E-state index in [1.807, 2.05) is 25.8 Å². The number of aromatic nitrogens is 2. The van der Waals surface area contributed by atoms with Crippen molar-refractivity contribution in [3.63, 3.8) is 0 Å². The third-order valence-corrected chi connectivity index (χ3v) is 3.08. The molecule has 84 valence electrons. The number of rotatable bonds is 4. The first kappa shape index (κ1) is 12.6. The number of halogens is 1. The van der Waals surface area contributed by atoms with Crippen LogP contribution in [-0.2, 0) is 0 Å². The Morgan fingerprint density at radius 3 is 2.47 bits per heavy atom. The van der Waals surface area contributed by atoms with Gasteiger partial charge in [0.05, 0.1) is 11.4 Å². The molecule has 3 nitrogen and oxygen atoms in total. The van der Waals surface area contributed by atoms with Gasteiger partial charge in [-0.25, -0.2) is 9.97 Å². The second-order valence-corrected chi connectivity index (χ2v) is 4.77. The lowest BCUT2D eigenvalue weighted by molar-refractivity contribution is 0.914. The minimum Gasteiger partial charge on any atom is -0.356 e. The summed E-state index contributed by atoms with van der Waals surface area (Å²) < 4.78 is 0. The van der Waals surface area contributed by atoms with E-state index < -0.39 is 0 Å². The summed E-state index contributed by atoms with van der Waals surface area (Å²) in [6, 6.07) is 0. The van der Waals surface area contributed by atoms with Gasteiger partial charge < -0.3 is 4.90 Å². The Kier molecular flexibility index (Phi) is 4.67. The maximum atomic E-state index is 6.05. The van der Waals surface area contributed by atoms with Crippen molar-refractivity contribution in [2.45, 2.75) is 13.8 Å². The normalized spacial score (nSPS) is 10.5. The van der Waals surface area contributed by atoms with Gasteiger partial charge in [0.25, 0.3) is 0 Å². The molecule has 0 aliphatic rings. The van der Waals surface area contributed by atoms with Crippen LogP contribution in [0.2, 0.25) is 5.15 Å². The van der Waals surface area contributed by atoms with E-state index in [4.69, 9.17) is 11.6 Å². The molecule has 0 unspecified atom stereocenters. The standard InChI is InChI=1S/C10H16ClN3S/c1-7-8(2)13-10(9(11)12-7)14(3)5-6-15-4/h5-6H2,1-4H3. The number of hydrogen-bond donors (Lipinski definition) is 0. The van der Waals surface area contributed by atoms with Crippen molar-refractivity contribution in [1.29, 1.82) is 0 Å². The van der Waals surface area contributed by atoms with Gasteiger partial charge in [0, 0.05) is 19.3 Å². The van der Waals surface area contributed by atoms with Crippen LogP contribution >= 0.6 is 23.4 Å². The highest BCUT2D eigenvalue weighted by Crippen LogP contribution is 2.21. The summed E-state index contributed by atoms with van der Waals surface area (Å²) in [4.78, 5) is 10.7. The van der Waals surface area contributed by atoms with E-state index in [0.717, 1.165) is 29.5 Å². The van der Waals surface area contributed by atoms with Gasteiger partial charge in [0.2, 0.25) is 0 Å². The molecule has 0 saturated heterocycles. The highest BCUT2D eigenvalue weighted by atomic mass is 35.5. The number of hydrogen-bond acceptors (Lipinski definition) is 4. The van der Waals surface area contributed by atoms with E-state index in [9.17, 15) is 0 Å². The van der Waals surface area contributed by atoms with Gasteiger partial charge in [-0.1, -0.05) is 11.6 Å². The Hall–Kier alpha value is -0.480. The van der Waals surface area contributed by atoms with Gasteiger partial charge in [-0.05, 0) is 20.1 Å². The van der Waals surface area contributed by atoms with Crippen LogP contribution in [0.1, 0.15) is 11.4 Å². The summed E-state index contributed by atoms with van der Waals surface area (Å²) in [7, 11) is 1.99. The molecule has 0 amide bonds. The van der Waals surface area contributed by atoms with E-state index in [2.05, 4.69) is 16.2 Å². The van der Waals surface area contributed by atoms with Crippen molar-refractivity contribution in [1.82, 2.24) is 9.97 Å². The molecule has 15 heavy (non-hydrogen) atoms. The predicted octanol–water partition coefficient (Wildman–Crippen LogP) is 2.55. The summed E-state index contributed by atoms with van der Waals surface area (Å²) in [6.45, 7) is 4.79. The molecule has 0 atom stereocenters. The Morgan fingerprint density at radius 1 is 1.27 bits per heavy atom. The van der Waals surface area contributed by atoms with Gasteiger partial charge in [0.1, 0.15) is 0 Å². The molecular formula is C10H16ClN3S. The van der Waals surface area contributed by atoms with Crippen LogP contribution < -0.4 is 4.90 Å². The monoisotopic (exact) mass is 245 g/mol. The Balaban J connectivity index is 2.88. The average molecular weight is 246 g/mol. The minimum absolute atomic E-state index is 0.488. The largest absolute Gasteiger partial charge is 0.356 e. The Morgan fingerprint density at radius 2 is 1.87 bits per heavy atom. The highest BCUT2D eigenvalue weighted by molar-refractivity contribution is 7.98. The van der Waals surface area contributed by atoms with Crippen molar-refractivity contribution in [3.8, 4) is 0 Å². The van der Waals surface area contributed by atoms with E-state index in [1.165, 1.54) is 0 Å². The van der Waals surface area contributed by atoms with Crippen LogP contribution in [0.15, 0.2) is 0 Å². The number of anilines is 1. The van der Waals surface area contributed by atoms with Crippen LogP contribution in [0.4, 0.5) is 5.82 Å². The molecule has 0 aliphatic heterocycles. The van der Waals surface area contributed by atoms with Gasteiger partial charge in [-0.3, -0.25) is 0 Å². The van der Waals surface area contributed by atoms with Crippen molar-refractivity contribution in [3.05, 3.63) is 16.5 Å². The zero-order chi connectivity index (χ0) is 11.4. The highest BCUT2D eigenvalue weighted by Gasteiger charge is 2.10. The first-order chi connectivity index (χ1) is 7.06. The average Bonchev–Trinajstić information content (AvgIpc) is 2.20. The van der Waals surface area contributed by atoms with E-state index in [0.29, 0.717) is 5.15 Å². The van der Waals surface area contributed by atoms with Crippen LogP contribution in [0.3, 0.4) is 0 Å². The van der Waals surface area contributed by atoms with Crippen LogP contribution in [-0.4, -0.2) is 35.6 Å². The van der Waals surface area contributed by atoms with Gasteiger partial charge >= 0.3 is 0 Å². The SMILES string of the molecule is CSCCN(C)c1nc(C)c(C)nc1Cl. The second-order valence-electron chi connectivity index (χ2n) is 3.42. The fraction of sp³-hybridized carbons (Fsp3) is 0.600. The molecule has 5 heteroatoms. The summed E-state index contributed by atoms with van der Waals surface area (Å²) in [5.41, 5.74) is 1.83. The third kappa shape index (κ3) is 3.24. The number of aryl methyl sites for hydroxylation is 2. The molecule has 0 spiro atoms. The zero-order valence-electron chi connectivity index (χ0n) is 9.54.